The third kappa shape index (κ3) is 3.12. The maximum atomic E-state index is 12.7. The number of benzene rings is 1. The SMILES string of the molecule is CNc1cc(C)ccc1C(=O)N1CCCC(N(C)C)C1. The number of hydrogen-bond acceptors (Lipinski definition) is 3. The van der Waals surface area contributed by atoms with Gasteiger partial charge in [0.05, 0.1) is 5.56 Å². The number of carbonyl (C=O) groups excluding carboxylic acids is 1. The lowest BCUT2D eigenvalue weighted by molar-refractivity contribution is 0.0636. The second kappa shape index (κ2) is 6.27. The van der Waals surface area contributed by atoms with Gasteiger partial charge in [-0.25, -0.2) is 0 Å². The van der Waals surface area contributed by atoms with Crippen molar-refractivity contribution in [1.82, 2.24) is 9.80 Å². The highest BCUT2D eigenvalue weighted by atomic mass is 16.2. The lowest BCUT2D eigenvalue weighted by Gasteiger charge is -2.36. The Labute approximate surface area is 121 Å². The molecule has 0 aliphatic carbocycles. The van der Waals surface area contributed by atoms with Gasteiger partial charge in [0.25, 0.3) is 5.91 Å². The topological polar surface area (TPSA) is 35.6 Å². The Kier molecular flexibility index (Phi) is 4.65. The minimum absolute atomic E-state index is 0.140. The highest BCUT2D eigenvalue weighted by Crippen LogP contribution is 2.22. The van der Waals surface area contributed by atoms with Gasteiger partial charge >= 0.3 is 0 Å². The molecule has 1 amide bonds. The first-order chi connectivity index (χ1) is 9.52. The number of likely N-dealkylation sites (tertiary alicyclic amines) is 1. The summed E-state index contributed by atoms with van der Waals surface area (Å²) < 4.78 is 0. The molecule has 0 saturated carbocycles. The molecule has 1 unspecified atom stereocenters. The van der Waals surface area contributed by atoms with Gasteiger partial charge in [-0.2, -0.15) is 0 Å². The Balaban J connectivity index is 2.18. The Morgan fingerprint density at radius 2 is 2.15 bits per heavy atom. The van der Waals surface area contributed by atoms with Crippen molar-refractivity contribution in [2.24, 2.45) is 0 Å². The van der Waals surface area contributed by atoms with E-state index < -0.39 is 0 Å². The van der Waals surface area contributed by atoms with Crippen LogP contribution < -0.4 is 5.32 Å². The van der Waals surface area contributed by atoms with Crippen LogP contribution in [-0.2, 0) is 0 Å². The van der Waals surface area contributed by atoms with Crippen molar-refractivity contribution in [1.29, 1.82) is 0 Å². The molecule has 20 heavy (non-hydrogen) atoms. The third-order valence-electron chi connectivity index (χ3n) is 4.09. The monoisotopic (exact) mass is 275 g/mol. The van der Waals surface area contributed by atoms with Gasteiger partial charge in [-0.3, -0.25) is 4.79 Å². The Morgan fingerprint density at radius 3 is 2.80 bits per heavy atom. The van der Waals surface area contributed by atoms with Crippen LogP contribution in [0.5, 0.6) is 0 Å². The van der Waals surface area contributed by atoms with Crippen molar-refractivity contribution in [2.45, 2.75) is 25.8 Å². The molecule has 1 aromatic carbocycles. The van der Waals surface area contributed by atoms with Crippen LogP contribution in [0.3, 0.4) is 0 Å². The van der Waals surface area contributed by atoms with E-state index in [1.807, 2.05) is 37.1 Å². The normalized spacial score (nSPS) is 19.2. The molecule has 1 saturated heterocycles. The van der Waals surface area contributed by atoms with Crippen molar-refractivity contribution in [3.63, 3.8) is 0 Å². The zero-order valence-electron chi connectivity index (χ0n) is 12.9. The molecule has 0 radical (unpaired) electrons. The molecule has 1 atom stereocenters. The van der Waals surface area contributed by atoms with E-state index in [1.54, 1.807) is 0 Å². The van der Waals surface area contributed by atoms with Crippen LogP contribution in [0.2, 0.25) is 0 Å². The molecule has 1 N–H and O–H groups in total. The van der Waals surface area contributed by atoms with Gasteiger partial charge in [0.1, 0.15) is 0 Å². The number of nitrogens with one attached hydrogen (secondary N) is 1. The van der Waals surface area contributed by atoms with Gasteiger partial charge in [0.2, 0.25) is 0 Å². The average Bonchev–Trinajstić information content (AvgIpc) is 2.46. The summed E-state index contributed by atoms with van der Waals surface area (Å²) >= 11 is 0. The second-order valence-corrected chi connectivity index (χ2v) is 5.81. The Bertz CT molecular complexity index is 485. The minimum atomic E-state index is 0.140. The molecule has 110 valence electrons. The van der Waals surface area contributed by atoms with Crippen molar-refractivity contribution in [2.75, 3.05) is 39.5 Å². The van der Waals surface area contributed by atoms with Crippen LogP contribution in [0.25, 0.3) is 0 Å². The largest absolute Gasteiger partial charge is 0.387 e. The molecule has 1 aromatic rings. The first-order valence-corrected chi connectivity index (χ1v) is 7.27. The van der Waals surface area contributed by atoms with Crippen molar-refractivity contribution in [3.05, 3.63) is 29.3 Å². The lowest BCUT2D eigenvalue weighted by Crippen LogP contribution is -2.47. The molecule has 0 spiro atoms. The quantitative estimate of drug-likeness (QED) is 0.918. The van der Waals surface area contributed by atoms with Crippen molar-refractivity contribution >= 4 is 11.6 Å². The zero-order valence-corrected chi connectivity index (χ0v) is 12.9. The van der Waals surface area contributed by atoms with Crippen LogP contribution in [0.1, 0.15) is 28.8 Å². The molecule has 1 aliphatic heterocycles. The summed E-state index contributed by atoms with van der Waals surface area (Å²) in [6.45, 7) is 3.72. The predicted molar refractivity (Wildman–Crippen MR) is 83.3 cm³/mol. The predicted octanol–water partition coefficient (Wildman–Crippen LogP) is 2.20. The van der Waals surface area contributed by atoms with Gasteiger partial charge in [-0.15, -0.1) is 0 Å². The molecule has 1 heterocycles. The van der Waals surface area contributed by atoms with Crippen molar-refractivity contribution in [3.8, 4) is 0 Å². The first kappa shape index (κ1) is 14.9. The highest BCUT2D eigenvalue weighted by Gasteiger charge is 2.26. The molecule has 1 aliphatic rings. The average molecular weight is 275 g/mol. The van der Waals surface area contributed by atoms with E-state index in [9.17, 15) is 4.79 Å². The smallest absolute Gasteiger partial charge is 0.256 e. The summed E-state index contributed by atoms with van der Waals surface area (Å²) in [5.41, 5.74) is 2.86. The molecule has 4 heteroatoms. The fourth-order valence-electron chi connectivity index (χ4n) is 2.78. The number of carbonyl (C=O) groups is 1. The summed E-state index contributed by atoms with van der Waals surface area (Å²) in [6.07, 6.45) is 2.25. The van der Waals surface area contributed by atoms with Crippen LogP contribution in [0.4, 0.5) is 5.69 Å². The minimum Gasteiger partial charge on any atom is -0.387 e. The van der Waals surface area contributed by atoms with Gasteiger partial charge < -0.3 is 15.1 Å². The molecular weight excluding hydrogens is 250 g/mol. The molecule has 4 nitrogen and oxygen atoms in total. The molecule has 2 rings (SSSR count). The van der Waals surface area contributed by atoms with E-state index in [0.717, 1.165) is 36.3 Å². The zero-order chi connectivity index (χ0) is 14.7. The summed E-state index contributed by atoms with van der Waals surface area (Å²) in [7, 11) is 6.04. The fraction of sp³-hybridized carbons (Fsp3) is 0.562. The second-order valence-electron chi connectivity index (χ2n) is 5.81. The molecular formula is C16H25N3O. The van der Waals surface area contributed by atoms with Gasteiger partial charge in [0.15, 0.2) is 0 Å². The number of nitrogens with zero attached hydrogens (tertiary/aromatic N) is 2. The van der Waals surface area contributed by atoms with Gasteiger partial charge in [-0.05, 0) is 51.6 Å². The van der Waals surface area contributed by atoms with E-state index in [1.165, 1.54) is 6.42 Å². The van der Waals surface area contributed by atoms with Crippen LogP contribution in [-0.4, -0.2) is 56.0 Å². The number of amides is 1. The van der Waals surface area contributed by atoms with Crippen LogP contribution >= 0.6 is 0 Å². The Hall–Kier alpha value is -1.55. The number of anilines is 1. The maximum absolute atomic E-state index is 12.7. The maximum Gasteiger partial charge on any atom is 0.256 e. The summed E-state index contributed by atoms with van der Waals surface area (Å²) in [6, 6.07) is 6.43. The van der Waals surface area contributed by atoms with E-state index in [2.05, 4.69) is 24.3 Å². The number of likely N-dealkylation sites (N-methyl/N-ethyl adjacent to an activating group) is 1. The fourth-order valence-corrected chi connectivity index (χ4v) is 2.78. The summed E-state index contributed by atoms with van der Waals surface area (Å²) in [4.78, 5) is 16.9. The van der Waals surface area contributed by atoms with Crippen LogP contribution in [0, 0.1) is 6.92 Å². The third-order valence-corrected chi connectivity index (χ3v) is 4.09. The van der Waals surface area contributed by atoms with E-state index in [-0.39, 0.29) is 5.91 Å². The van der Waals surface area contributed by atoms with Gasteiger partial charge in [0, 0.05) is 31.9 Å². The number of piperidine rings is 1. The number of aryl methyl sites for hydroxylation is 1. The number of hydrogen-bond donors (Lipinski definition) is 1. The number of rotatable bonds is 3. The standard InChI is InChI=1S/C16H25N3O/c1-12-7-8-14(15(10-12)17-2)16(20)19-9-5-6-13(11-19)18(3)4/h7-8,10,13,17H,5-6,9,11H2,1-4H3. The molecule has 0 bridgehead atoms. The van der Waals surface area contributed by atoms with Gasteiger partial charge in [-0.1, -0.05) is 6.07 Å². The van der Waals surface area contributed by atoms with Crippen LogP contribution in [0.15, 0.2) is 18.2 Å². The molecule has 1 fully saturated rings. The Morgan fingerprint density at radius 1 is 1.40 bits per heavy atom. The highest BCUT2D eigenvalue weighted by molar-refractivity contribution is 5.99. The van der Waals surface area contributed by atoms with Crippen molar-refractivity contribution < 1.29 is 4.79 Å². The summed E-state index contributed by atoms with van der Waals surface area (Å²) in [5.74, 6) is 0.140. The van der Waals surface area contributed by atoms with E-state index in [4.69, 9.17) is 0 Å². The lowest BCUT2D eigenvalue weighted by atomic mass is 10.0. The van der Waals surface area contributed by atoms with E-state index in [0.29, 0.717) is 6.04 Å². The first-order valence-electron chi connectivity index (χ1n) is 7.27. The summed E-state index contributed by atoms with van der Waals surface area (Å²) in [5, 5.41) is 3.13. The molecule has 0 aromatic heterocycles. The van der Waals surface area contributed by atoms with E-state index >= 15 is 0 Å².